The average molecular weight is 267 g/mol. The van der Waals surface area contributed by atoms with Crippen LogP contribution in [0.4, 0.5) is 0 Å². The molecule has 0 aliphatic carbocycles. The van der Waals surface area contributed by atoms with Gasteiger partial charge in [-0.1, -0.05) is 26.7 Å². The molecule has 1 aromatic heterocycles. The monoisotopic (exact) mass is 267 g/mol. The summed E-state index contributed by atoms with van der Waals surface area (Å²) >= 11 is 0. The fourth-order valence-corrected chi connectivity index (χ4v) is 2.17. The molecule has 0 radical (unpaired) electrons. The Hall–Kier alpha value is -0.940. The Morgan fingerprint density at radius 2 is 1.79 bits per heavy atom. The summed E-state index contributed by atoms with van der Waals surface area (Å²) in [6, 6.07) is 0.0120. The van der Waals surface area contributed by atoms with E-state index >= 15 is 0 Å². The lowest BCUT2D eigenvalue weighted by atomic mass is 10.1. The van der Waals surface area contributed by atoms with Gasteiger partial charge >= 0.3 is 0 Å². The van der Waals surface area contributed by atoms with E-state index in [1.165, 1.54) is 38.8 Å². The van der Waals surface area contributed by atoms with Crippen molar-refractivity contribution in [3.05, 3.63) is 11.9 Å². The molecule has 1 aromatic rings. The summed E-state index contributed by atoms with van der Waals surface area (Å²) in [6.45, 7) is 8.08. The normalized spacial score (nSPS) is 13.1. The number of rotatable bonds is 11. The van der Waals surface area contributed by atoms with E-state index in [1.54, 1.807) is 6.20 Å². The van der Waals surface area contributed by atoms with Crippen LogP contribution in [0.1, 0.15) is 64.1 Å². The first-order chi connectivity index (χ1) is 9.27. The van der Waals surface area contributed by atoms with Crippen molar-refractivity contribution < 1.29 is 0 Å². The maximum absolute atomic E-state index is 6.08. The number of aromatic amines is 1. The smallest absolute Gasteiger partial charge is 0.0991 e. The van der Waals surface area contributed by atoms with Crippen molar-refractivity contribution in [2.75, 3.05) is 19.6 Å². The van der Waals surface area contributed by atoms with E-state index in [-0.39, 0.29) is 6.04 Å². The Labute approximate surface area is 116 Å². The molecule has 5 nitrogen and oxygen atoms in total. The summed E-state index contributed by atoms with van der Waals surface area (Å²) in [7, 11) is 0. The summed E-state index contributed by atoms with van der Waals surface area (Å²) in [4.78, 5) is 2.57. The van der Waals surface area contributed by atoms with Crippen LogP contribution in [0.5, 0.6) is 0 Å². The van der Waals surface area contributed by atoms with Crippen LogP contribution in [0.15, 0.2) is 6.20 Å². The minimum absolute atomic E-state index is 0.0120. The summed E-state index contributed by atoms with van der Waals surface area (Å²) in [5.74, 6) is 0. The van der Waals surface area contributed by atoms with Gasteiger partial charge in [0.25, 0.3) is 0 Å². The van der Waals surface area contributed by atoms with E-state index in [0.29, 0.717) is 0 Å². The van der Waals surface area contributed by atoms with Crippen molar-refractivity contribution in [1.29, 1.82) is 0 Å². The highest BCUT2D eigenvalue weighted by Gasteiger charge is 2.10. The van der Waals surface area contributed by atoms with E-state index < -0.39 is 0 Å². The fraction of sp³-hybridized carbons (Fsp3) is 0.857. The Kier molecular flexibility index (Phi) is 8.41. The molecule has 0 saturated carbocycles. The predicted octanol–water partition coefficient (Wildman–Crippen LogP) is 2.49. The number of hydrogen-bond donors (Lipinski definition) is 2. The van der Waals surface area contributed by atoms with Crippen LogP contribution in [-0.4, -0.2) is 39.9 Å². The third kappa shape index (κ3) is 6.68. The van der Waals surface area contributed by atoms with Gasteiger partial charge in [0, 0.05) is 0 Å². The lowest BCUT2D eigenvalue weighted by Crippen LogP contribution is -2.28. The first-order valence-corrected chi connectivity index (χ1v) is 7.61. The summed E-state index contributed by atoms with van der Waals surface area (Å²) in [5.41, 5.74) is 6.95. The van der Waals surface area contributed by atoms with Gasteiger partial charge in [-0.3, -0.25) is 0 Å². The molecular formula is C14H29N5. The van der Waals surface area contributed by atoms with Gasteiger partial charge in [-0.2, -0.15) is 15.4 Å². The molecule has 0 aliphatic rings. The Morgan fingerprint density at radius 1 is 1.16 bits per heavy atom. The largest absolute Gasteiger partial charge is 0.323 e. The maximum atomic E-state index is 6.08. The van der Waals surface area contributed by atoms with E-state index in [9.17, 15) is 0 Å². The molecule has 0 fully saturated rings. The topological polar surface area (TPSA) is 70.8 Å². The molecule has 1 atom stereocenters. The zero-order valence-corrected chi connectivity index (χ0v) is 12.4. The van der Waals surface area contributed by atoms with Crippen molar-refractivity contribution in [2.45, 2.75) is 58.4 Å². The quantitative estimate of drug-likeness (QED) is 0.646. The van der Waals surface area contributed by atoms with Gasteiger partial charge < -0.3 is 10.6 Å². The molecule has 0 aromatic carbocycles. The van der Waals surface area contributed by atoms with Gasteiger partial charge in [0.1, 0.15) is 0 Å². The molecule has 0 spiro atoms. The number of unbranched alkanes of at least 4 members (excludes halogenated alkanes) is 2. The standard InChI is InChI=1S/C14H29N5/c1-3-5-9-19(10-6-4-2)11-7-8-13(15)14-12-16-18-17-14/h12-13H,3-11,15H2,1-2H3,(H,16,17,18). The second-order valence-corrected chi connectivity index (χ2v) is 5.19. The van der Waals surface area contributed by atoms with Gasteiger partial charge in [-0.05, 0) is 45.3 Å². The third-order valence-electron chi connectivity index (χ3n) is 3.46. The second kappa shape index (κ2) is 9.92. The second-order valence-electron chi connectivity index (χ2n) is 5.19. The molecule has 3 N–H and O–H groups in total. The molecule has 1 rings (SSSR count). The van der Waals surface area contributed by atoms with Crippen LogP contribution in [0.25, 0.3) is 0 Å². The van der Waals surface area contributed by atoms with Crippen LogP contribution in [0.3, 0.4) is 0 Å². The molecule has 19 heavy (non-hydrogen) atoms. The molecular weight excluding hydrogens is 238 g/mol. The van der Waals surface area contributed by atoms with Gasteiger partial charge in [-0.25, -0.2) is 0 Å². The first-order valence-electron chi connectivity index (χ1n) is 7.61. The van der Waals surface area contributed by atoms with E-state index in [2.05, 4.69) is 34.2 Å². The van der Waals surface area contributed by atoms with Gasteiger partial charge in [-0.15, -0.1) is 0 Å². The van der Waals surface area contributed by atoms with E-state index in [4.69, 9.17) is 5.73 Å². The van der Waals surface area contributed by atoms with Crippen LogP contribution in [-0.2, 0) is 0 Å². The zero-order chi connectivity index (χ0) is 13.9. The molecule has 5 heteroatoms. The summed E-state index contributed by atoms with van der Waals surface area (Å²) in [5, 5.41) is 10.5. The number of aromatic nitrogens is 3. The molecule has 1 unspecified atom stereocenters. The van der Waals surface area contributed by atoms with Crippen molar-refractivity contribution in [3.8, 4) is 0 Å². The molecule has 1 heterocycles. The molecule has 0 saturated heterocycles. The molecule has 0 aliphatic heterocycles. The Balaban J connectivity index is 2.22. The highest BCUT2D eigenvalue weighted by molar-refractivity contribution is 4.97. The minimum atomic E-state index is 0.0120. The number of nitrogens with one attached hydrogen (secondary N) is 1. The highest BCUT2D eigenvalue weighted by atomic mass is 15.3. The number of H-pyrrole nitrogens is 1. The van der Waals surface area contributed by atoms with Crippen molar-refractivity contribution in [3.63, 3.8) is 0 Å². The number of hydrogen-bond acceptors (Lipinski definition) is 4. The highest BCUT2D eigenvalue weighted by Crippen LogP contribution is 2.12. The SMILES string of the molecule is CCCCN(CCCC)CCCC(N)c1cn[nH]n1. The van der Waals surface area contributed by atoms with Crippen LogP contribution < -0.4 is 5.73 Å². The Bertz CT molecular complexity index is 291. The van der Waals surface area contributed by atoms with Gasteiger partial charge in [0.15, 0.2) is 0 Å². The van der Waals surface area contributed by atoms with Crippen LogP contribution >= 0.6 is 0 Å². The Morgan fingerprint density at radius 3 is 2.32 bits per heavy atom. The number of nitrogens with two attached hydrogens (primary N) is 1. The summed E-state index contributed by atoms with van der Waals surface area (Å²) < 4.78 is 0. The minimum Gasteiger partial charge on any atom is -0.323 e. The van der Waals surface area contributed by atoms with Crippen molar-refractivity contribution in [2.24, 2.45) is 5.73 Å². The number of nitrogens with zero attached hydrogens (tertiary/aromatic N) is 3. The van der Waals surface area contributed by atoms with E-state index in [0.717, 1.165) is 25.1 Å². The first kappa shape index (κ1) is 16.1. The molecule has 110 valence electrons. The zero-order valence-electron chi connectivity index (χ0n) is 12.4. The van der Waals surface area contributed by atoms with Crippen LogP contribution in [0.2, 0.25) is 0 Å². The molecule has 0 amide bonds. The van der Waals surface area contributed by atoms with Crippen molar-refractivity contribution in [1.82, 2.24) is 20.3 Å². The molecule has 0 bridgehead atoms. The summed E-state index contributed by atoms with van der Waals surface area (Å²) in [6.07, 6.45) is 8.93. The van der Waals surface area contributed by atoms with Gasteiger partial charge in [0.2, 0.25) is 0 Å². The fourth-order valence-electron chi connectivity index (χ4n) is 2.17. The third-order valence-corrected chi connectivity index (χ3v) is 3.46. The average Bonchev–Trinajstić information content (AvgIpc) is 2.95. The lowest BCUT2D eigenvalue weighted by molar-refractivity contribution is 0.257. The van der Waals surface area contributed by atoms with Crippen molar-refractivity contribution >= 4 is 0 Å². The van der Waals surface area contributed by atoms with E-state index in [1.807, 2.05) is 0 Å². The lowest BCUT2D eigenvalue weighted by Gasteiger charge is -2.22. The predicted molar refractivity (Wildman–Crippen MR) is 78.8 cm³/mol. The van der Waals surface area contributed by atoms with Gasteiger partial charge in [0.05, 0.1) is 17.9 Å². The maximum Gasteiger partial charge on any atom is 0.0991 e. The van der Waals surface area contributed by atoms with Crippen LogP contribution in [0, 0.1) is 0 Å².